The summed E-state index contributed by atoms with van der Waals surface area (Å²) in [4.78, 5) is 15.3. The van der Waals surface area contributed by atoms with Gasteiger partial charge in [-0.3, -0.25) is 9.69 Å². The van der Waals surface area contributed by atoms with Crippen LogP contribution in [0.4, 0.5) is 10.1 Å². The number of rotatable bonds is 3. The second kappa shape index (κ2) is 7.01. The zero-order valence-electron chi connectivity index (χ0n) is 18.1. The molecule has 6 rings (SSSR count). The quantitative estimate of drug-likeness (QED) is 0.596. The smallest absolute Gasteiger partial charge is 0.235 e. The van der Waals surface area contributed by atoms with Crippen LogP contribution in [-0.2, 0) is 24.1 Å². The van der Waals surface area contributed by atoms with Crippen molar-refractivity contribution in [1.29, 1.82) is 5.26 Å². The molecule has 7 nitrogen and oxygen atoms in total. The van der Waals surface area contributed by atoms with Crippen LogP contribution in [0.25, 0.3) is 0 Å². The molecular formula is C24H20ClFN2O5S. The standard InChI is InChI=1S/C24H20ClFN2O5S/c1-23-11-18(34(30,31)16-6-3-14(26)4-7-16)24(33-23)8-9-32-22-20(24)19(23)21(29)28(22)15-5-2-13(12-27)17(25)10-15/h2-7,10,18-20,22H,8-9,11H2,1H3/t18-,19+,20-,22-,23+,24-/m0/s1. The fraction of sp³-hybridized carbons (Fsp3) is 0.417. The normalized spacial score (nSPS) is 35.9. The average Bonchev–Trinajstić information content (AvgIpc) is 3.38. The summed E-state index contributed by atoms with van der Waals surface area (Å²) in [6.07, 6.45) is -0.224. The molecule has 4 aliphatic rings. The van der Waals surface area contributed by atoms with Gasteiger partial charge in [-0.25, -0.2) is 12.8 Å². The molecule has 0 unspecified atom stereocenters. The van der Waals surface area contributed by atoms with E-state index >= 15 is 0 Å². The van der Waals surface area contributed by atoms with Crippen molar-refractivity contribution in [2.24, 2.45) is 11.8 Å². The third-order valence-corrected chi connectivity index (χ3v) is 10.4. The van der Waals surface area contributed by atoms with Crippen molar-refractivity contribution >= 4 is 33.0 Å². The molecule has 4 heterocycles. The van der Waals surface area contributed by atoms with E-state index in [2.05, 4.69) is 0 Å². The lowest BCUT2D eigenvalue weighted by atomic mass is 9.66. The Morgan fingerprint density at radius 3 is 2.65 bits per heavy atom. The summed E-state index contributed by atoms with van der Waals surface area (Å²) in [7, 11) is -3.87. The maximum absolute atomic E-state index is 13.7. The Morgan fingerprint density at radius 2 is 1.97 bits per heavy atom. The first-order valence-electron chi connectivity index (χ1n) is 11.0. The molecule has 4 aliphatic heterocycles. The molecule has 0 radical (unpaired) electrons. The summed E-state index contributed by atoms with van der Waals surface area (Å²) >= 11 is 6.24. The van der Waals surface area contributed by atoms with Gasteiger partial charge in [0, 0.05) is 18.0 Å². The Hall–Kier alpha value is -2.51. The number of carbonyl (C=O) groups excluding carboxylic acids is 1. The molecule has 10 heteroatoms. The van der Waals surface area contributed by atoms with Gasteiger partial charge >= 0.3 is 0 Å². The predicted octanol–water partition coefficient (Wildman–Crippen LogP) is 3.45. The van der Waals surface area contributed by atoms with Gasteiger partial charge in [0.05, 0.1) is 44.5 Å². The van der Waals surface area contributed by atoms with Gasteiger partial charge < -0.3 is 9.47 Å². The molecule has 34 heavy (non-hydrogen) atoms. The molecule has 6 atom stereocenters. The maximum atomic E-state index is 13.7. The van der Waals surface area contributed by atoms with E-state index in [1.165, 1.54) is 17.0 Å². The van der Waals surface area contributed by atoms with E-state index in [1.54, 1.807) is 25.1 Å². The SMILES string of the molecule is C[C@@]12C[C@H](S(=O)(=O)c3ccc(F)cc3)[C@]3(CCO[C@H]4[C@@H]3[C@@H]1C(=O)N4c1ccc(C#N)c(Cl)c1)O2. The molecule has 4 saturated heterocycles. The molecule has 1 spiro atoms. The van der Waals surface area contributed by atoms with Crippen LogP contribution >= 0.6 is 11.6 Å². The van der Waals surface area contributed by atoms with Crippen molar-refractivity contribution in [1.82, 2.24) is 0 Å². The summed E-state index contributed by atoms with van der Waals surface area (Å²) in [5.74, 6) is -1.80. The number of carbonyl (C=O) groups is 1. The second-order valence-corrected chi connectivity index (χ2v) is 12.1. The van der Waals surface area contributed by atoms with Gasteiger partial charge in [-0.05, 0) is 55.8 Å². The summed E-state index contributed by atoms with van der Waals surface area (Å²) in [6, 6.07) is 11.6. The second-order valence-electron chi connectivity index (χ2n) is 9.56. The van der Waals surface area contributed by atoms with Crippen LogP contribution in [0.5, 0.6) is 0 Å². The van der Waals surface area contributed by atoms with Gasteiger partial charge in [-0.15, -0.1) is 0 Å². The minimum Gasteiger partial charge on any atom is -0.366 e. The van der Waals surface area contributed by atoms with Crippen LogP contribution in [0.2, 0.25) is 5.02 Å². The van der Waals surface area contributed by atoms with Crippen LogP contribution in [0.15, 0.2) is 47.4 Å². The van der Waals surface area contributed by atoms with Crippen LogP contribution in [0.1, 0.15) is 25.3 Å². The number of hydrogen-bond acceptors (Lipinski definition) is 6. The molecule has 2 aromatic carbocycles. The highest BCUT2D eigenvalue weighted by atomic mass is 35.5. The Bertz CT molecular complexity index is 1380. The van der Waals surface area contributed by atoms with Crippen LogP contribution in [-0.4, -0.2) is 43.6 Å². The van der Waals surface area contributed by atoms with E-state index in [0.29, 0.717) is 17.7 Å². The van der Waals surface area contributed by atoms with E-state index < -0.39 is 50.2 Å². The first-order chi connectivity index (χ1) is 16.1. The van der Waals surface area contributed by atoms with Gasteiger partial charge in [0.2, 0.25) is 5.91 Å². The minimum atomic E-state index is -3.87. The predicted molar refractivity (Wildman–Crippen MR) is 119 cm³/mol. The maximum Gasteiger partial charge on any atom is 0.235 e. The number of anilines is 1. The lowest BCUT2D eigenvalue weighted by Crippen LogP contribution is -2.58. The zero-order chi connectivity index (χ0) is 24.0. The van der Waals surface area contributed by atoms with E-state index in [4.69, 9.17) is 21.1 Å². The van der Waals surface area contributed by atoms with Gasteiger partial charge in [0.1, 0.15) is 18.1 Å². The molecule has 4 fully saturated rings. The molecular weight excluding hydrogens is 483 g/mol. The molecule has 2 aromatic rings. The van der Waals surface area contributed by atoms with Crippen molar-refractivity contribution in [2.75, 3.05) is 11.5 Å². The Labute approximate surface area is 200 Å². The van der Waals surface area contributed by atoms with Gasteiger partial charge in [0.15, 0.2) is 9.84 Å². The number of halogens is 2. The van der Waals surface area contributed by atoms with Crippen molar-refractivity contribution in [3.05, 3.63) is 58.9 Å². The Kier molecular flexibility index (Phi) is 4.53. The van der Waals surface area contributed by atoms with E-state index in [9.17, 15) is 22.9 Å². The number of ether oxygens (including phenoxy) is 2. The fourth-order valence-corrected chi connectivity index (χ4v) is 9.01. The van der Waals surface area contributed by atoms with Crippen LogP contribution in [0, 0.1) is 29.0 Å². The third-order valence-electron chi connectivity index (χ3n) is 7.85. The molecule has 0 saturated carbocycles. The van der Waals surface area contributed by atoms with E-state index in [1.807, 2.05) is 6.07 Å². The topological polar surface area (TPSA) is 96.7 Å². The number of amides is 1. The first-order valence-corrected chi connectivity index (χ1v) is 12.9. The number of hydrogen-bond donors (Lipinski definition) is 0. The van der Waals surface area contributed by atoms with Crippen molar-refractivity contribution < 1.29 is 27.1 Å². The molecule has 0 aliphatic carbocycles. The highest BCUT2D eigenvalue weighted by molar-refractivity contribution is 7.92. The highest BCUT2D eigenvalue weighted by Gasteiger charge is 2.80. The summed E-state index contributed by atoms with van der Waals surface area (Å²) in [6.45, 7) is 2.01. The third kappa shape index (κ3) is 2.68. The molecule has 176 valence electrons. The van der Waals surface area contributed by atoms with Gasteiger partial charge in [-0.1, -0.05) is 11.6 Å². The summed E-state index contributed by atoms with van der Waals surface area (Å²) in [5.41, 5.74) is -1.31. The number of sulfone groups is 1. The fourth-order valence-electron chi connectivity index (χ4n) is 6.55. The Balaban J connectivity index is 1.45. The van der Waals surface area contributed by atoms with Crippen molar-refractivity contribution in [3.8, 4) is 6.07 Å². The monoisotopic (exact) mass is 502 g/mol. The van der Waals surface area contributed by atoms with Crippen LogP contribution in [0.3, 0.4) is 0 Å². The zero-order valence-corrected chi connectivity index (χ0v) is 19.6. The number of nitriles is 1. The van der Waals surface area contributed by atoms with Crippen molar-refractivity contribution in [2.45, 2.75) is 47.3 Å². The van der Waals surface area contributed by atoms with Gasteiger partial charge in [-0.2, -0.15) is 5.26 Å². The van der Waals surface area contributed by atoms with E-state index in [-0.39, 0.29) is 28.9 Å². The summed E-state index contributed by atoms with van der Waals surface area (Å²) < 4.78 is 53.5. The van der Waals surface area contributed by atoms with Gasteiger partial charge in [0.25, 0.3) is 0 Å². The molecule has 0 N–H and O–H groups in total. The number of fused-ring (bicyclic) bond motifs is 2. The van der Waals surface area contributed by atoms with Crippen molar-refractivity contribution in [3.63, 3.8) is 0 Å². The highest BCUT2D eigenvalue weighted by Crippen LogP contribution is 2.67. The number of nitrogens with zero attached hydrogens (tertiary/aromatic N) is 2. The first kappa shape index (κ1) is 22.0. The molecule has 0 aromatic heterocycles. The lowest BCUT2D eigenvalue weighted by molar-refractivity contribution is -0.138. The minimum absolute atomic E-state index is 0.0349. The van der Waals surface area contributed by atoms with Crippen LogP contribution < -0.4 is 4.90 Å². The average molecular weight is 503 g/mol. The molecule has 1 amide bonds. The number of benzene rings is 2. The Morgan fingerprint density at radius 1 is 1.24 bits per heavy atom. The van der Waals surface area contributed by atoms with E-state index in [0.717, 1.165) is 12.1 Å². The lowest BCUT2D eigenvalue weighted by Gasteiger charge is -2.45. The largest absolute Gasteiger partial charge is 0.366 e. The molecule has 2 bridgehead atoms. The summed E-state index contributed by atoms with van der Waals surface area (Å²) in [5, 5.41) is 8.52.